The van der Waals surface area contributed by atoms with Gasteiger partial charge in [0.25, 0.3) is 0 Å². The first kappa shape index (κ1) is 17.2. The summed E-state index contributed by atoms with van der Waals surface area (Å²) in [6.07, 6.45) is -0.0694. The van der Waals surface area contributed by atoms with Gasteiger partial charge in [0.15, 0.2) is 0 Å². The van der Waals surface area contributed by atoms with Crippen LogP contribution in [0.4, 0.5) is 0 Å². The summed E-state index contributed by atoms with van der Waals surface area (Å²) < 4.78 is 23.2. The zero-order valence-electron chi connectivity index (χ0n) is 13.3. The lowest BCUT2D eigenvalue weighted by molar-refractivity contribution is 0.0714. The van der Waals surface area contributed by atoms with Gasteiger partial charge in [0, 0.05) is 0 Å². The third kappa shape index (κ3) is 3.96. The highest BCUT2D eigenvalue weighted by Crippen LogP contribution is 2.52. The van der Waals surface area contributed by atoms with E-state index >= 15 is 0 Å². The molecular weight excluding hydrogens is 299 g/mol. The minimum atomic E-state index is -3.32. The fourth-order valence-corrected chi connectivity index (χ4v) is 4.50. The van der Waals surface area contributed by atoms with Crippen molar-refractivity contribution >= 4 is 18.4 Å². The first-order valence-corrected chi connectivity index (χ1v) is 9.23. The van der Waals surface area contributed by atoms with E-state index in [0.717, 1.165) is 10.8 Å². The second-order valence-electron chi connectivity index (χ2n) is 5.44. The Balaban J connectivity index is 2.32. The number of aliphatic hydroxyl groups is 1. The molecule has 5 heteroatoms. The second-order valence-corrected chi connectivity index (χ2v) is 7.49. The lowest BCUT2D eigenvalue weighted by atomic mass is 9.95. The van der Waals surface area contributed by atoms with Crippen molar-refractivity contribution in [1.29, 1.82) is 0 Å². The van der Waals surface area contributed by atoms with Crippen LogP contribution in [0.2, 0.25) is 0 Å². The van der Waals surface area contributed by atoms with Gasteiger partial charge >= 0.3 is 7.60 Å². The molecule has 1 unspecified atom stereocenters. The number of rotatable bonds is 7. The van der Waals surface area contributed by atoms with E-state index in [2.05, 4.69) is 0 Å². The van der Waals surface area contributed by atoms with Crippen molar-refractivity contribution in [2.75, 3.05) is 19.4 Å². The summed E-state index contributed by atoms with van der Waals surface area (Å²) in [5.74, 6) is 0. The lowest BCUT2D eigenvalue weighted by Gasteiger charge is -2.28. The van der Waals surface area contributed by atoms with Gasteiger partial charge in [-0.15, -0.1) is 0 Å². The molecule has 0 fully saturated rings. The number of hydrogen-bond acceptors (Lipinski definition) is 4. The molecule has 0 heterocycles. The van der Waals surface area contributed by atoms with Crippen molar-refractivity contribution in [2.24, 2.45) is 0 Å². The molecule has 1 atom stereocenters. The summed E-state index contributed by atoms with van der Waals surface area (Å²) >= 11 is 0. The Bertz CT molecular complexity index is 671. The molecule has 0 amide bonds. The van der Waals surface area contributed by atoms with Crippen LogP contribution in [0, 0.1) is 0 Å². The SMILES string of the molecule is CCOP(=O)(CC(C)(O)c1ccc2ccccc2c1)OCC. The highest BCUT2D eigenvalue weighted by Gasteiger charge is 2.36. The van der Waals surface area contributed by atoms with Gasteiger partial charge in [0.05, 0.1) is 25.0 Å². The van der Waals surface area contributed by atoms with E-state index in [1.165, 1.54) is 0 Å². The third-order valence-corrected chi connectivity index (χ3v) is 5.83. The smallest absolute Gasteiger partial charge is 0.333 e. The molecule has 0 aliphatic heterocycles. The molecule has 0 radical (unpaired) electrons. The van der Waals surface area contributed by atoms with Crippen LogP contribution in [0.25, 0.3) is 10.8 Å². The maximum Gasteiger partial charge on any atom is 0.333 e. The first-order chi connectivity index (χ1) is 10.4. The van der Waals surface area contributed by atoms with Gasteiger partial charge in [0.2, 0.25) is 0 Å². The molecular formula is C17H23O4P. The van der Waals surface area contributed by atoms with Crippen LogP contribution in [0.3, 0.4) is 0 Å². The predicted octanol–water partition coefficient (Wildman–Crippen LogP) is 4.31. The molecule has 22 heavy (non-hydrogen) atoms. The van der Waals surface area contributed by atoms with Crippen molar-refractivity contribution < 1.29 is 18.7 Å². The van der Waals surface area contributed by atoms with E-state index in [1.54, 1.807) is 20.8 Å². The molecule has 2 aromatic rings. The van der Waals surface area contributed by atoms with E-state index in [-0.39, 0.29) is 19.4 Å². The molecule has 2 aromatic carbocycles. The van der Waals surface area contributed by atoms with Crippen molar-refractivity contribution in [3.63, 3.8) is 0 Å². The average molecular weight is 322 g/mol. The summed E-state index contributed by atoms with van der Waals surface area (Å²) in [6, 6.07) is 13.6. The molecule has 0 aromatic heterocycles. The van der Waals surface area contributed by atoms with Gasteiger partial charge in [-0.05, 0) is 43.2 Å². The van der Waals surface area contributed by atoms with Gasteiger partial charge in [-0.2, -0.15) is 0 Å². The van der Waals surface area contributed by atoms with Gasteiger partial charge in [-0.3, -0.25) is 4.57 Å². The fourth-order valence-electron chi connectivity index (χ4n) is 2.51. The summed E-state index contributed by atoms with van der Waals surface area (Å²) in [5.41, 5.74) is -0.588. The lowest BCUT2D eigenvalue weighted by Crippen LogP contribution is -2.27. The molecule has 0 saturated heterocycles. The van der Waals surface area contributed by atoms with E-state index in [1.807, 2.05) is 42.5 Å². The quantitative estimate of drug-likeness (QED) is 0.772. The first-order valence-electron chi connectivity index (χ1n) is 7.50. The molecule has 0 bridgehead atoms. The summed E-state index contributed by atoms with van der Waals surface area (Å²) in [5, 5.41) is 12.9. The van der Waals surface area contributed by atoms with Crippen LogP contribution >= 0.6 is 7.60 Å². The van der Waals surface area contributed by atoms with Crippen LogP contribution in [0.1, 0.15) is 26.3 Å². The van der Waals surface area contributed by atoms with Crippen LogP contribution in [-0.4, -0.2) is 24.5 Å². The van der Waals surface area contributed by atoms with Crippen LogP contribution in [0.5, 0.6) is 0 Å². The Kier molecular flexibility index (Phi) is 5.41. The minimum absolute atomic E-state index is 0.0694. The van der Waals surface area contributed by atoms with E-state index in [0.29, 0.717) is 5.56 Å². The highest BCUT2D eigenvalue weighted by atomic mass is 31.2. The van der Waals surface area contributed by atoms with Crippen LogP contribution in [-0.2, 0) is 19.2 Å². The monoisotopic (exact) mass is 322 g/mol. The predicted molar refractivity (Wildman–Crippen MR) is 89.2 cm³/mol. The van der Waals surface area contributed by atoms with Crippen molar-refractivity contribution in [3.05, 3.63) is 48.0 Å². The minimum Gasteiger partial charge on any atom is -0.385 e. The molecule has 0 spiro atoms. The molecule has 0 aliphatic rings. The third-order valence-electron chi connectivity index (χ3n) is 3.52. The summed E-state index contributed by atoms with van der Waals surface area (Å²) in [4.78, 5) is 0. The van der Waals surface area contributed by atoms with Crippen molar-refractivity contribution in [2.45, 2.75) is 26.4 Å². The Morgan fingerprint density at radius 2 is 1.64 bits per heavy atom. The van der Waals surface area contributed by atoms with Crippen LogP contribution in [0.15, 0.2) is 42.5 Å². The van der Waals surface area contributed by atoms with Crippen molar-refractivity contribution in [1.82, 2.24) is 0 Å². The van der Waals surface area contributed by atoms with Gasteiger partial charge in [-0.1, -0.05) is 36.4 Å². The molecule has 1 N–H and O–H groups in total. The topological polar surface area (TPSA) is 55.8 Å². The number of fused-ring (bicyclic) bond motifs is 1. The van der Waals surface area contributed by atoms with E-state index < -0.39 is 13.2 Å². The van der Waals surface area contributed by atoms with Gasteiger partial charge in [-0.25, -0.2) is 0 Å². The Labute approximate surface area is 131 Å². The molecule has 120 valence electrons. The van der Waals surface area contributed by atoms with E-state index in [4.69, 9.17) is 9.05 Å². The Morgan fingerprint density at radius 3 is 2.23 bits per heavy atom. The normalized spacial score (nSPS) is 14.9. The molecule has 4 nitrogen and oxygen atoms in total. The summed E-state index contributed by atoms with van der Waals surface area (Å²) in [6.45, 7) is 5.73. The zero-order valence-corrected chi connectivity index (χ0v) is 14.2. The fraction of sp³-hybridized carbons (Fsp3) is 0.412. The molecule has 0 aliphatic carbocycles. The zero-order chi connectivity index (χ0) is 16.2. The second kappa shape index (κ2) is 6.93. The Morgan fingerprint density at radius 1 is 1.05 bits per heavy atom. The molecule has 2 rings (SSSR count). The highest BCUT2D eigenvalue weighted by molar-refractivity contribution is 7.53. The maximum atomic E-state index is 12.7. The Hall–Kier alpha value is -1.19. The maximum absolute atomic E-state index is 12.7. The average Bonchev–Trinajstić information content (AvgIpc) is 2.46. The van der Waals surface area contributed by atoms with Gasteiger partial charge < -0.3 is 14.2 Å². The van der Waals surface area contributed by atoms with Crippen LogP contribution < -0.4 is 0 Å². The van der Waals surface area contributed by atoms with Gasteiger partial charge in [0.1, 0.15) is 0 Å². The van der Waals surface area contributed by atoms with Crippen molar-refractivity contribution in [3.8, 4) is 0 Å². The number of hydrogen-bond donors (Lipinski definition) is 1. The summed E-state index contributed by atoms with van der Waals surface area (Å²) in [7, 11) is -3.32. The molecule has 0 saturated carbocycles. The largest absolute Gasteiger partial charge is 0.385 e. The number of benzene rings is 2. The van der Waals surface area contributed by atoms with E-state index in [9.17, 15) is 9.67 Å². The standard InChI is InChI=1S/C17H23O4P/c1-4-20-22(19,21-5-2)13-17(3,18)16-11-10-14-8-6-7-9-15(14)12-16/h6-12,18H,4-5,13H2,1-3H3.